The molecule has 1 aliphatic carbocycles. The SMILES string of the molecule is Clc1cccc(CO/N=C2/CCCc3nonc32)c1. The Morgan fingerprint density at radius 1 is 1.32 bits per heavy atom. The fourth-order valence-electron chi connectivity index (χ4n) is 2.03. The highest BCUT2D eigenvalue weighted by Gasteiger charge is 2.21. The average molecular weight is 278 g/mol. The van der Waals surface area contributed by atoms with E-state index in [1.165, 1.54) is 0 Å². The molecule has 1 aromatic heterocycles. The number of fused-ring (bicyclic) bond motifs is 1. The van der Waals surface area contributed by atoms with Gasteiger partial charge in [0.15, 0.2) is 5.69 Å². The molecule has 0 bridgehead atoms. The lowest BCUT2D eigenvalue weighted by molar-refractivity contribution is 0.130. The van der Waals surface area contributed by atoms with Crippen LogP contribution in [0.3, 0.4) is 0 Å². The number of nitrogens with zero attached hydrogens (tertiary/aromatic N) is 3. The maximum Gasteiger partial charge on any atom is 0.155 e. The molecule has 6 heteroatoms. The lowest BCUT2D eigenvalue weighted by Crippen LogP contribution is -2.12. The normalized spacial score (nSPS) is 16.4. The van der Waals surface area contributed by atoms with Crippen LogP contribution < -0.4 is 0 Å². The minimum Gasteiger partial charge on any atom is -0.391 e. The molecule has 0 saturated heterocycles. The van der Waals surface area contributed by atoms with E-state index in [9.17, 15) is 0 Å². The molecule has 1 heterocycles. The summed E-state index contributed by atoms with van der Waals surface area (Å²) in [5.41, 5.74) is 3.35. The summed E-state index contributed by atoms with van der Waals surface area (Å²) in [6.07, 6.45) is 2.70. The van der Waals surface area contributed by atoms with E-state index in [1.807, 2.05) is 24.3 Å². The van der Waals surface area contributed by atoms with E-state index in [-0.39, 0.29) is 0 Å². The molecule has 3 rings (SSSR count). The van der Waals surface area contributed by atoms with Crippen molar-refractivity contribution in [2.75, 3.05) is 0 Å². The zero-order valence-corrected chi connectivity index (χ0v) is 10.9. The zero-order valence-electron chi connectivity index (χ0n) is 10.2. The predicted molar refractivity (Wildman–Crippen MR) is 70.0 cm³/mol. The van der Waals surface area contributed by atoms with Crippen LogP contribution in [0.15, 0.2) is 34.1 Å². The van der Waals surface area contributed by atoms with Gasteiger partial charge in [-0.1, -0.05) is 34.0 Å². The van der Waals surface area contributed by atoms with Crippen molar-refractivity contribution in [3.05, 3.63) is 46.2 Å². The van der Waals surface area contributed by atoms with E-state index >= 15 is 0 Å². The number of hydrogen-bond donors (Lipinski definition) is 0. The van der Waals surface area contributed by atoms with E-state index in [2.05, 4.69) is 15.5 Å². The minimum atomic E-state index is 0.380. The van der Waals surface area contributed by atoms with Crippen molar-refractivity contribution < 1.29 is 9.47 Å². The monoisotopic (exact) mass is 277 g/mol. The van der Waals surface area contributed by atoms with Crippen LogP contribution in [0.25, 0.3) is 0 Å². The molecule has 5 nitrogen and oxygen atoms in total. The highest BCUT2D eigenvalue weighted by molar-refractivity contribution is 6.30. The van der Waals surface area contributed by atoms with Gasteiger partial charge in [0.2, 0.25) is 0 Å². The molecule has 1 aromatic carbocycles. The first-order valence-electron chi connectivity index (χ1n) is 6.08. The predicted octanol–water partition coefficient (Wildman–Crippen LogP) is 2.98. The smallest absolute Gasteiger partial charge is 0.155 e. The summed E-state index contributed by atoms with van der Waals surface area (Å²) >= 11 is 5.90. The third-order valence-corrected chi connectivity index (χ3v) is 3.19. The first kappa shape index (κ1) is 12.2. The minimum absolute atomic E-state index is 0.380. The number of halogens is 1. The molecule has 0 saturated carbocycles. The zero-order chi connectivity index (χ0) is 13.1. The molecule has 0 unspecified atom stereocenters. The molecule has 0 atom stereocenters. The summed E-state index contributed by atoms with van der Waals surface area (Å²) in [4.78, 5) is 5.36. The summed E-state index contributed by atoms with van der Waals surface area (Å²) in [7, 11) is 0. The fourth-order valence-corrected chi connectivity index (χ4v) is 2.24. The van der Waals surface area contributed by atoms with Gasteiger partial charge >= 0.3 is 0 Å². The van der Waals surface area contributed by atoms with E-state index in [0.29, 0.717) is 11.6 Å². The van der Waals surface area contributed by atoms with E-state index in [1.54, 1.807) is 0 Å². The lowest BCUT2D eigenvalue weighted by atomic mass is 9.99. The Morgan fingerprint density at radius 2 is 2.26 bits per heavy atom. The molecule has 2 aromatic rings. The second-order valence-corrected chi connectivity index (χ2v) is 4.79. The topological polar surface area (TPSA) is 60.5 Å². The van der Waals surface area contributed by atoms with Gasteiger partial charge in [-0.05, 0) is 42.1 Å². The molecular weight excluding hydrogens is 266 g/mol. The van der Waals surface area contributed by atoms with Gasteiger partial charge in [0.1, 0.15) is 18.0 Å². The second-order valence-electron chi connectivity index (χ2n) is 4.35. The van der Waals surface area contributed by atoms with Crippen LogP contribution in [0, 0.1) is 0 Å². The number of benzene rings is 1. The average Bonchev–Trinajstić information content (AvgIpc) is 2.88. The summed E-state index contributed by atoms with van der Waals surface area (Å²) in [5, 5.41) is 12.5. The van der Waals surface area contributed by atoms with Crippen molar-refractivity contribution in [2.24, 2.45) is 5.16 Å². The summed E-state index contributed by atoms with van der Waals surface area (Å²) < 4.78 is 4.72. The molecule has 0 amide bonds. The highest BCUT2D eigenvalue weighted by atomic mass is 35.5. The van der Waals surface area contributed by atoms with Gasteiger partial charge in [0.05, 0.1) is 0 Å². The Labute approximate surface area is 115 Å². The van der Waals surface area contributed by atoms with Crippen molar-refractivity contribution in [1.82, 2.24) is 10.3 Å². The van der Waals surface area contributed by atoms with Crippen LogP contribution in [0.1, 0.15) is 29.8 Å². The highest BCUT2D eigenvalue weighted by Crippen LogP contribution is 2.18. The first-order chi connectivity index (χ1) is 9.33. The van der Waals surface area contributed by atoms with Crippen LogP contribution in [0.5, 0.6) is 0 Å². The van der Waals surface area contributed by atoms with Crippen LogP contribution in [0.2, 0.25) is 5.02 Å². The van der Waals surface area contributed by atoms with Gasteiger partial charge in [-0.2, -0.15) is 0 Å². The van der Waals surface area contributed by atoms with Crippen LogP contribution >= 0.6 is 11.6 Å². The van der Waals surface area contributed by atoms with Gasteiger partial charge in [0.25, 0.3) is 0 Å². The van der Waals surface area contributed by atoms with E-state index in [0.717, 1.165) is 41.9 Å². The van der Waals surface area contributed by atoms with Crippen molar-refractivity contribution in [1.29, 1.82) is 0 Å². The van der Waals surface area contributed by atoms with Gasteiger partial charge < -0.3 is 4.84 Å². The van der Waals surface area contributed by atoms with Crippen molar-refractivity contribution in [3.8, 4) is 0 Å². The van der Waals surface area contributed by atoms with Crippen molar-refractivity contribution in [2.45, 2.75) is 25.9 Å². The molecule has 19 heavy (non-hydrogen) atoms. The Bertz CT molecular complexity index is 609. The second kappa shape index (κ2) is 5.40. The number of oxime groups is 1. The van der Waals surface area contributed by atoms with Crippen LogP contribution in [-0.4, -0.2) is 16.0 Å². The summed E-state index contributed by atoms with van der Waals surface area (Å²) in [6, 6.07) is 7.50. The van der Waals surface area contributed by atoms with Crippen LogP contribution in [0.4, 0.5) is 0 Å². The molecule has 0 spiro atoms. The van der Waals surface area contributed by atoms with E-state index in [4.69, 9.17) is 21.1 Å². The Balaban J connectivity index is 1.68. The Kier molecular flexibility index (Phi) is 3.46. The largest absolute Gasteiger partial charge is 0.391 e. The van der Waals surface area contributed by atoms with Gasteiger partial charge in [-0.15, -0.1) is 0 Å². The molecule has 98 valence electrons. The molecule has 0 aliphatic heterocycles. The molecule has 1 aliphatic rings. The van der Waals surface area contributed by atoms with Gasteiger partial charge in [-0.25, -0.2) is 4.63 Å². The Morgan fingerprint density at radius 3 is 3.16 bits per heavy atom. The van der Waals surface area contributed by atoms with Crippen molar-refractivity contribution >= 4 is 17.3 Å². The Hall–Kier alpha value is -1.88. The number of aromatic nitrogens is 2. The molecule has 0 N–H and O–H groups in total. The van der Waals surface area contributed by atoms with Crippen LogP contribution in [-0.2, 0) is 17.9 Å². The molecule has 0 radical (unpaired) electrons. The molecule has 0 fully saturated rings. The molecular formula is C13H12ClN3O2. The standard InChI is InChI=1S/C13H12ClN3O2/c14-10-4-1-3-9(7-10)8-18-15-11-5-2-6-12-13(11)17-19-16-12/h1,3-4,7H,2,5-6,8H2/b15-11-. The van der Waals surface area contributed by atoms with Gasteiger partial charge in [-0.3, -0.25) is 0 Å². The number of aryl methyl sites for hydroxylation is 1. The first-order valence-corrected chi connectivity index (χ1v) is 6.46. The number of rotatable bonds is 3. The van der Waals surface area contributed by atoms with E-state index < -0.39 is 0 Å². The quantitative estimate of drug-likeness (QED) is 0.809. The van der Waals surface area contributed by atoms with Crippen molar-refractivity contribution in [3.63, 3.8) is 0 Å². The fraction of sp³-hybridized carbons (Fsp3) is 0.308. The summed E-state index contributed by atoms with van der Waals surface area (Å²) in [5.74, 6) is 0. The summed E-state index contributed by atoms with van der Waals surface area (Å²) in [6.45, 7) is 0.380. The third kappa shape index (κ3) is 2.76. The maximum atomic E-state index is 5.90. The third-order valence-electron chi connectivity index (χ3n) is 2.95. The maximum absolute atomic E-state index is 5.90. The lowest BCUT2D eigenvalue weighted by Gasteiger charge is -2.09. The number of hydrogen-bond acceptors (Lipinski definition) is 5. The van der Waals surface area contributed by atoms with Gasteiger partial charge in [0, 0.05) is 5.02 Å².